The number of anilines is 1. The molecule has 1 N–H and O–H groups in total. The zero-order valence-electron chi connectivity index (χ0n) is 19.8. The molecule has 0 spiro atoms. The SMILES string of the molecule is CN(Cc1ccccc1NC(=O)[C@@H]1CCCN(C(=O)Cc2ccccc2)C1)C1CCCCC1. The Hall–Kier alpha value is -2.66. The van der Waals surface area contributed by atoms with Crippen molar-refractivity contribution in [2.45, 2.75) is 64.0 Å². The van der Waals surface area contributed by atoms with Crippen LogP contribution in [0.3, 0.4) is 0 Å². The van der Waals surface area contributed by atoms with Crippen molar-refractivity contribution in [3.63, 3.8) is 0 Å². The van der Waals surface area contributed by atoms with Crippen LogP contribution in [0, 0.1) is 5.92 Å². The molecular weight excluding hydrogens is 410 g/mol. The third kappa shape index (κ3) is 6.44. The number of amides is 2. The van der Waals surface area contributed by atoms with Crippen molar-refractivity contribution in [2.24, 2.45) is 5.92 Å². The van der Waals surface area contributed by atoms with Crippen LogP contribution < -0.4 is 5.32 Å². The molecule has 2 aromatic rings. The van der Waals surface area contributed by atoms with Gasteiger partial charge in [-0.25, -0.2) is 0 Å². The first-order chi connectivity index (χ1) is 16.1. The smallest absolute Gasteiger partial charge is 0.229 e. The van der Waals surface area contributed by atoms with Crippen molar-refractivity contribution in [2.75, 3.05) is 25.5 Å². The highest BCUT2D eigenvalue weighted by Crippen LogP contribution is 2.26. The highest BCUT2D eigenvalue weighted by atomic mass is 16.2. The van der Waals surface area contributed by atoms with Crippen LogP contribution in [0.2, 0.25) is 0 Å². The molecule has 1 atom stereocenters. The Morgan fingerprint density at radius 1 is 0.939 bits per heavy atom. The maximum absolute atomic E-state index is 13.2. The second kappa shape index (κ2) is 11.5. The molecule has 1 aliphatic carbocycles. The lowest BCUT2D eigenvalue weighted by Crippen LogP contribution is -2.44. The molecule has 5 heteroatoms. The first-order valence-electron chi connectivity index (χ1n) is 12.5. The fourth-order valence-electron chi connectivity index (χ4n) is 5.23. The number of rotatable bonds is 7. The van der Waals surface area contributed by atoms with Crippen molar-refractivity contribution in [3.05, 3.63) is 65.7 Å². The van der Waals surface area contributed by atoms with Crippen molar-refractivity contribution >= 4 is 17.5 Å². The van der Waals surface area contributed by atoms with E-state index in [1.165, 1.54) is 32.1 Å². The van der Waals surface area contributed by atoms with E-state index >= 15 is 0 Å². The summed E-state index contributed by atoms with van der Waals surface area (Å²) in [5.41, 5.74) is 3.08. The molecule has 0 radical (unpaired) electrons. The van der Waals surface area contributed by atoms with Crippen LogP contribution in [0.1, 0.15) is 56.1 Å². The monoisotopic (exact) mass is 447 g/mol. The molecule has 176 valence electrons. The minimum absolute atomic E-state index is 0.0278. The number of carbonyl (C=O) groups excluding carboxylic acids is 2. The predicted octanol–water partition coefficient (Wildman–Crippen LogP) is 4.87. The van der Waals surface area contributed by atoms with Gasteiger partial charge in [0.2, 0.25) is 11.8 Å². The van der Waals surface area contributed by atoms with Crippen LogP contribution in [0.4, 0.5) is 5.69 Å². The maximum atomic E-state index is 13.2. The lowest BCUT2D eigenvalue weighted by molar-refractivity contribution is -0.133. The molecule has 1 saturated carbocycles. The van der Waals surface area contributed by atoms with E-state index in [2.05, 4.69) is 23.3 Å². The number of carbonyl (C=O) groups is 2. The number of likely N-dealkylation sites (tertiary alicyclic amines) is 1. The van der Waals surface area contributed by atoms with Gasteiger partial charge in [0.15, 0.2) is 0 Å². The average molecular weight is 448 g/mol. The van der Waals surface area contributed by atoms with E-state index in [0.29, 0.717) is 19.0 Å². The number of hydrogen-bond donors (Lipinski definition) is 1. The number of benzene rings is 2. The highest BCUT2D eigenvalue weighted by Gasteiger charge is 2.29. The normalized spacial score (nSPS) is 19.5. The second-order valence-corrected chi connectivity index (χ2v) is 9.69. The number of piperidine rings is 1. The van der Waals surface area contributed by atoms with Gasteiger partial charge in [-0.2, -0.15) is 0 Å². The Balaban J connectivity index is 1.35. The first kappa shape index (κ1) is 23.5. The maximum Gasteiger partial charge on any atom is 0.229 e. The van der Waals surface area contributed by atoms with Crippen LogP contribution in [-0.2, 0) is 22.6 Å². The Kier molecular flexibility index (Phi) is 8.16. The Labute approximate surface area is 198 Å². The van der Waals surface area contributed by atoms with Gasteiger partial charge in [-0.15, -0.1) is 0 Å². The molecule has 2 aliphatic rings. The molecule has 1 saturated heterocycles. The molecule has 0 aromatic heterocycles. The van der Waals surface area contributed by atoms with Gasteiger partial charge in [-0.3, -0.25) is 14.5 Å². The zero-order chi connectivity index (χ0) is 23.0. The van der Waals surface area contributed by atoms with E-state index in [-0.39, 0.29) is 17.7 Å². The third-order valence-electron chi connectivity index (χ3n) is 7.24. The van der Waals surface area contributed by atoms with Gasteiger partial charge in [0.25, 0.3) is 0 Å². The molecule has 2 amide bonds. The van der Waals surface area contributed by atoms with Crippen LogP contribution >= 0.6 is 0 Å². The van der Waals surface area contributed by atoms with E-state index < -0.39 is 0 Å². The van der Waals surface area contributed by atoms with Gasteiger partial charge in [0.05, 0.1) is 12.3 Å². The topological polar surface area (TPSA) is 52.7 Å². The third-order valence-corrected chi connectivity index (χ3v) is 7.24. The summed E-state index contributed by atoms with van der Waals surface area (Å²) in [5.74, 6) is -0.0317. The number of nitrogens with one attached hydrogen (secondary N) is 1. The van der Waals surface area contributed by atoms with Gasteiger partial charge in [0, 0.05) is 31.4 Å². The van der Waals surface area contributed by atoms with Gasteiger partial charge in [-0.05, 0) is 49.9 Å². The van der Waals surface area contributed by atoms with Crippen molar-refractivity contribution in [1.82, 2.24) is 9.80 Å². The van der Waals surface area contributed by atoms with E-state index in [4.69, 9.17) is 0 Å². The van der Waals surface area contributed by atoms with Crippen molar-refractivity contribution in [3.8, 4) is 0 Å². The predicted molar refractivity (Wildman–Crippen MR) is 133 cm³/mol. The molecule has 33 heavy (non-hydrogen) atoms. The summed E-state index contributed by atoms with van der Waals surface area (Å²) in [4.78, 5) is 30.3. The molecule has 1 aliphatic heterocycles. The summed E-state index contributed by atoms with van der Waals surface area (Å²) >= 11 is 0. The quantitative estimate of drug-likeness (QED) is 0.659. The largest absolute Gasteiger partial charge is 0.342 e. The van der Waals surface area contributed by atoms with Crippen molar-refractivity contribution in [1.29, 1.82) is 0 Å². The first-order valence-corrected chi connectivity index (χ1v) is 12.5. The lowest BCUT2D eigenvalue weighted by atomic mass is 9.94. The lowest BCUT2D eigenvalue weighted by Gasteiger charge is -2.33. The molecule has 1 heterocycles. The highest BCUT2D eigenvalue weighted by molar-refractivity contribution is 5.94. The van der Waals surface area contributed by atoms with Gasteiger partial charge in [-0.1, -0.05) is 67.8 Å². The summed E-state index contributed by atoms with van der Waals surface area (Å²) < 4.78 is 0. The minimum atomic E-state index is -0.164. The van der Waals surface area contributed by atoms with E-state index in [1.807, 2.05) is 53.4 Å². The van der Waals surface area contributed by atoms with Gasteiger partial charge >= 0.3 is 0 Å². The van der Waals surface area contributed by atoms with E-state index in [9.17, 15) is 9.59 Å². The van der Waals surface area contributed by atoms with Crippen LogP contribution in [0.25, 0.3) is 0 Å². The second-order valence-electron chi connectivity index (χ2n) is 9.69. The molecule has 2 aromatic carbocycles. The Morgan fingerprint density at radius 2 is 1.67 bits per heavy atom. The fourth-order valence-corrected chi connectivity index (χ4v) is 5.23. The molecule has 2 fully saturated rings. The van der Waals surface area contributed by atoms with Crippen LogP contribution in [0.15, 0.2) is 54.6 Å². The molecule has 0 bridgehead atoms. The Morgan fingerprint density at radius 3 is 2.45 bits per heavy atom. The number of para-hydroxylation sites is 1. The summed E-state index contributed by atoms with van der Waals surface area (Å²) in [5, 5.41) is 3.19. The Bertz CT molecular complexity index is 924. The fraction of sp³-hybridized carbons (Fsp3) is 0.500. The average Bonchev–Trinajstić information content (AvgIpc) is 2.86. The van der Waals surface area contributed by atoms with Gasteiger partial charge < -0.3 is 10.2 Å². The molecular formula is C28H37N3O2. The molecule has 0 unspecified atom stereocenters. The van der Waals surface area contributed by atoms with Gasteiger partial charge in [0.1, 0.15) is 0 Å². The van der Waals surface area contributed by atoms with Crippen molar-refractivity contribution < 1.29 is 9.59 Å². The van der Waals surface area contributed by atoms with E-state index in [1.54, 1.807) is 0 Å². The minimum Gasteiger partial charge on any atom is -0.342 e. The molecule has 4 rings (SSSR count). The number of hydrogen-bond acceptors (Lipinski definition) is 3. The van der Waals surface area contributed by atoms with Crippen LogP contribution in [0.5, 0.6) is 0 Å². The standard InChI is InChI=1S/C28H37N3O2/c1-30(25-15-6-3-7-16-25)20-23-13-8-9-17-26(23)29-28(33)24-14-10-18-31(21-24)27(32)19-22-11-4-2-5-12-22/h2,4-5,8-9,11-13,17,24-25H,3,6-7,10,14-16,18-21H2,1H3,(H,29,33)/t24-/m1/s1. The summed E-state index contributed by atoms with van der Waals surface area (Å²) in [7, 11) is 2.20. The summed E-state index contributed by atoms with van der Waals surface area (Å²) in [6, 6.07) is 18.6. The van der Waals surface area contributed by atoms with E-state index in [0.717, 1.165) is 42.7 Å². The molecule has 5 nitrogen and oxygen atoms in total. The number of nitrogens with zero attached hydrogens (tertiary/aromatic N) is 2. The zero-order valence-corrected chi connectivity index (χ0v) is 19.8. The summed E-state index contributed by atoms with van der Waals surface area (Å²) in [6.45, 7) is 2.08. The van der Waals surface area contributed by atoms with Crippen LogP contribution in [-0.4, -0.2) is 47.8 Å². The summed E-state index contributed by atoms with van der Waals surface area (Å²) in [6.07, 6.45) is 8.59.